The number of aryl methyl sites for hydroxylation is 2. The molecule has 0 saturated heterocycles. The fraction of sp³-hybridized carbons (Fsp3) is 0.455. The van der Waals surface area contributed by atoms with Gasteiger partial charge in [-0.3, -0.25) is 0 Å². The van der Waals surface area contributed by atoms with E-state index in [1.54, 1.807) is 0 Å². The molecular weight excluding hydrogens is 226 g/mol. The minimum atomic E-state index is 1.09. The van der Waals surface area contributed by atoms with Gasteiger partial charge in [0, 0.05) is 4.47 Å². The van der Waals surface area contributed by atoms with Crippen LogP contribution in [0.2, 0.25) is 0 Å². The van der Waals surface area contributed by atoms with Crippen molar-refractivity contribution in [2.45, 2.75) is 19.8 Å². The van der Waals surface area contributed by atoms with Crippen molar-refractivity contribution in [3.05, 3.63) is 33.8 Å². The van der Waals surface area contributed by atoms with Gasteiger partial charge in [-0.2, -0.15) is 0 Å². The van der Waals surface area contributed by atoms with E-state index in [2.05, 4.69) is 46.4 Å². The lowest BCUT2D eigenvalue weighted by Gasteiger charge is -2.05. The largest absolute Gasteiger partial charge is 0.320 e. The maximum absolute atomic E-state index is 3.47. The van der Waals surface area contributed by atoms with E-state index in [1.807, 2.05) is 7.05 Å². The molecule has 0 heterocycles. The predicted octanol–water partition coefficient (Wildman–Crippen LogP) is 2.91. The highest BCUT2D eigenvalue weighted by molar-refractivity contribution is 9.10. The van der Waals surface area contributed by atoms with E-state index in [0.29, 0.717) is 0 Å². The molecule has 2 heteroatoms. The predicted molar refractivity (Wildman–Crippen MR) is 61.1 cm³/mol. The summed E-state index contributed by atoms with van der Waals surface area (Å²) in [5.41, 5.74) is 2.84. The molecule has 1 rings (SSSR count). The monoisotopic (exact) mass is 241 g/mol. The highest BCUT2D eigenvalue weighted by Crippen LogP contribution is 2.16. The van der Waals surface area contributed by atoms with E-state index in [1.165, 1.54) is 28.4 Å². The standard InChI is InChI=1S/C11H16BrN/c1-9-8-11(12)6-5-10(9)4-3-7-13-2/h5-6,8,13H,3-4,7H2,1-2H3. The second-order valence-electron chi connectivity index (χ2n) is 3.28. The van der Waals surface area contributed by atoms with Gasteiger partial charge in [-0.05, 0) is 56.6 Å². The molecule has 0 aliphatic heterocycles. The maximum Gasteiger partial charge on any atom is 0.0178 e. The summed E-state index contributed by atoms with van der Waals surface area (Å²) in [6.45, 7) is 3.26. The lowest BCUT2D eigenvalue weighted by atomic mass is 10.0. The molecule has 0 radical (unpaired) electrons. The number of rotatable bonds is 4. The molecule has 0 atom stereocenters. The van der Waals surface area contributed by atoms with E-state index >= 15 is 0 Å². The van der Waals surface area contributed by atoms with Gasteiger partial charge < -0.3 is 5.32 Å². The molecule has 0 amide bonds. The first kappa shape index (κ1) is 10.7. The zero-order valence-corrected chi connectivity index (χ0v) is 9.82. The van der Waals surface area contributed by atoms with Crippen LogP contribution in [-0.4, -0.2) is 13.6 Å². The lowest BCUT2D eigenvalue weighted by Crippen LogP contribution is -2.08. The second-order valence-corrected chi connectivity index (χ2v) is 4.19. The maximum atomic E-state index is 3.47. The van der Waals surface area contributed by atoms with Crippen molar-refractivity contribution in [1.82, 2.24) is 5.32 Å². The molecule has 72 valence electrons. The molecular formula is C11H16BrN. The Morgan fingerprint density at radius 3 is 2.77 bits per heavy atom. The molecule has 0 spiro atoms. The van der Waals surface area contributed by atoms with Crippen LogP contribution < -0.4 is 5.32 Å². The average Bonchev–Trinajstić information content (AvgIpc) is 2.09. The van der Waals surface area contributed by atoms with E-state index in [0.717, 1.165) is 6.54 Å². The fourth-order valence-electron chi connectivity index (χ4n) is 1.40. The zero-order valence-electron chi connectivity index (χ0n) is 8.23. The van der Waals surface area contributed by atoms with Crippen LogP contribution in [0.25, 0.3) is 0 Å². The van der Waals surface area contributed by atoms with Crippen LogP contribution in [0.1, 0.15) is 17.5 Å². The van der Waals surface area contributed by atoms with Crippen LogP contribution >= 0.6 is 15.9 Å². The molecule has 0 unspecified atom stereocenters. The second kappa shape index (κ2) is 5.40. The van der Waals surface area contributed by atoms with E-state index in [-0.39, 0.29) is 0 Å². The summed E-state index contributed by atoms with van der Waals surface area (Å²) >= 11 is 3.47. The number of hydrogen-bond donors (Lipinski definition) is 1. The van der Waals surface area contributed by atoms with E-state index < -0.39 is 0 Å². The van der Waals surface area contributed by atoms with Gasteiger partial charge >= 0.3 is 0 Å². The summed E-state index contributed by atoms with van der Waals surface area (Å²) in [7, 11) is 1.99. The van der Waals surface area contributed by atoms with Gasteiger partial charge in [-0.1, -0.05) is 22.0 Å². The average molecular weight is 242 g/mol. The fourth-order valence-corrected chi connectivity index (χ4v) is 1.87. The quantitative estimate of drug-likeness (QED) is 0.800. The first-order valence-electron chi connectivity index (χ1n) is 4.63. The Morgan fingerprint density at radius 2 is 2.15 bits per heavy atom. The van der Waals surface area contributed by atoms with Crippen molar-refractivity contribution < 1.29 is 0 Å². The van der Waals surface area contributed by atoms with Crippen molar-refractivity contribution in [2.24, 2.45) is 0 Å². The van der Waals surface area contributed by atoms with Gasteiger partial charge in [0.1, 0.15) is 0 Å². The Bertz CT molecular complexity index is 271. The van der Waals surface area contributed by atoms with Gasteiger partial charge in [-0.25, -0.2) is 0 Å². The SMILES string of the molecule is CNCCCc1ccc(Br)cc1C. The molecule has 0 aromatic heterocycles. The summed E-state index contributed by atoms with van der Waals surface area (Å²) in [6.07, 6.45) is 2.37. The Kier molecular flexibility index (Phi) is 4.46. The minimum absolute atomic E-state index is 1.09. The first-order valence-corrected chi connectivity index (χ1v) is 5.43. The van der Waals surface area contributed by atoms with Gasteiger partial charge in [0.05, 0.1) is 0 Å². The van der Waals surface area contributed by atoms with Crippen LogP contribution in [0, 0.1) is 6.92 Å². The Labute approximate surface area is 88.7 Å². The summed E-state index contributed by atoms with van der Waals surface area (Å²) in [5.74, 6) is 0. The van der Waals surface area contributed by atoms with Crippen LogP contribution in [0.3, 0.4) is 0 Å². The van der Waals surface area contributed by atoms with Gasteiger partial charge in [-0.15, -0.1) is 0 Å². The third kappa shape index (κ3) is 3.49. The first-order chi connectivity index (χ1) is 6.24. The third-order valence-electron chi connectivity index (χ3n) is 2.18. The number of hydrogen-bond acceptors (Lipinski definition) is 1. The highest BCUT2D eigenvalue weighted by Gasteiger charge is 1.97. The molecule has 0 aliphatic rings. The Balaban J connectivity index is 2.56. The summed E-state index contributed by atoms with van der Waals surface area (Å²) in [5, 5.41) is 3.16. The Hall–Kier alpha value is -0.340. The van der Waals surface area contributed by atoms with Crippen molar-refractivity contribution in [2.75, 3.05) is 13.6 Å². The molecule has 1 aromatic carbocycles. The van der Waals surface area contributed by atoms with Crippen LogP contribution in [0.15, 0.2) is 22.7 Å². The normalized spacial score (nSPS) is 10.4. The highest BCUT2D eigenvalue weighted by atomic mass is 79.9. The van der Waals surface area contributed by atoms with Gasteiger partial charge in [0.25, 0.3) is 0 Å². The van der Waals surface area contributed by atoms with Gasteiger partial charge in [0.15, 0.2) is 0 Å². The molecule has 0 aliphatic carbocycles. The molecule has 0 fully saturated rings. The summed E-state index contributed by atoms with van der Waals surface area (Å²) in [4.78, 5) is 0. The smallest absolute Gasteiger partial charge is 0.0178 e. The van der Waals surface area contributed by atoms with Crippen molar-refractivity contribution in [1.29, 1.82) is 0 Å². The minimum Gasteiger partial charge on any atom is -0.320 e. The van der Waals surface area contributed by atoms with Crippen LogP contribution in [-0.2, 0) is 6.42 Å². The van der Waals surface area contributed by atoms with Crippen molar-refractivity contribution >= 4 is 15.9 Å². The molecule has 1 N–H and O–H groups in total. The summed E-state index contributed by atoms with van der Waals surface area (Å²) < 4.78 is 1.17. The zero-order chi connectivity index (χ0) is 9.68. The van der Waals surface area contributed by atoms with E-state index in [9.17, 15) is 0 Å². The molecule has 13 heavy (non-hydrogen) atoms. The van der Waals surface area contributed by atoms with Gasteiger partial charge in [0.2, 0.25) is 0 Å². The summed E-state index contributed by atoms with van der Waals surface area (Å²) in [6, 6.07) is 6.49. The molecule has 1 nitrogen and oxygen atoms in total. The van der Waals surface area contributed by atoms with Crippen molar-refractivity contribution in [3.63, 3.8) is 0 Å². The number of nitrogens with one attached hydrogen (secondary N) is 1. The number of benzene rings is 1. The molecule has 1 aromatic rings. The van der Waals surface area contributed by atoms with Crippen LogP contribution in [0.4, 0.5) is 0 Å². The third-order valence-corrected chi connectivity index (χ3v) is 2.67. The lowest BCUT2D eigenvalue weighted by molar-refractivity contribution is 0.723. The van der Waals surface area contributed by atoms with Crippen molar-refractivity contribution in [3.8, 4) is 0 Å². The van der Waals surface area contributed by atoms with Crippen LogP contribution in [0.5, 0.6) is 0 Å². The topological polar surface area (TPSA) is 12.0 Å². The number of halogens is 1. The molecule has 0 saturated carbocycles. The van der Waals surface area contributed by atoms with E-state index in [4.69, 9.17) is 0 Å². The Morgan fingerprint density at radius 1 is 1.38 bits per heavy atom. The molecule has 0 bridgehead atoms.